The SMILES string of the molecule is COc1ncccc1CNC(=O)CCc1nc2ccccc2s1. The molecule has 3 rings (SSSR count). The smallest absolute Gasteiger partial charge is 0.220 e. The Kier molecular flexibility index (Phi) is 4.83. The number of benzene rings is 1. The molecule has 3 aromatic rings. The summed E-state index contributed by atoms with van der Waals surface area (Å²) < 4.78 is 6.33. The molecule has 0 spiro atoms. The number of para-hydroxylation sites is 1. The van der Waals surface area contributed by atoms with Gasteiger partial charge in [0.15, 0.2) is 0 Å². The van der Waals surface area contributed by atoms with Gasteiger partial charge in [-0.1, -0.05) is 18.2 Å². The molecule has 0 fully saturated rings. The Morgan fingerprint density at radius 2 is 2.13 bits per heavy atom. The molecule has 0 unspecified atom stereocenters. The molecule has 0 aliphatic carbocycles. The van der Waals surface area contributed by atoms with Gasteiger partial charge >= 0.3 is 0 Å². The number of hydrogen-bond donors (Lipinski definition) is 1. The molecule has 0 radical (unpaired) electrons. The molecule has 5 nitrogen and oxygen atoms in total. The summed E-state index contributed by atoms with van der Waals surface area (Å²) >= 11 is 1.64. The summed E-state index contributed by atoms with van der Waals surface area (Å²) in [7, 11) is 1.57. The van der Waals surface area contributed by atoms with Crippen molar-refractivity contribution in [2.45, 2.75) is 19.4 Å². The summed E-state index contributed by atoms with van der Waals surface area (Å²) in [6, 6.07) is 11.7. The van der Waals surface area contributed by atoms with Crippen molar-refractivity contribution in [1.82, 2.24) is 15.3 Å². The van der Waals surface area contributed by atoms with Crippen molar-refractivity contribution >= 4 is 27.5 Å². The average Bonchev–Trinajstić information content (AvgIpc) is 3.01. The van der Waals surface area contributed by atoms with E-state index in [0.717, 1.165) is 20.8 Å². The molecule has 0 aliphatic heterocycles. The highest BCUT2D eigenvalue weighted by molar-refractivity contribution is 7.18. The van der Waals surface area contributed by atoms with Gasteiger partial charge in [0.05, 0.1) is 22.3 Å². The van der Waals surface area contributed by atoms with Crippen LogP contribution in [-0.4, -0.2) is 23.0 Å². The molecule has 2 aromatic heterocycles. The Hall–Kier alpha value is -2.47. The molecule has 6 heteroatoms. The zero-order chi connectivity index (χ0) is 16.1. The van der Waals surface area contributed by atoms with Crippen LogP contribution in [0.25, 0.3) is 10.2 Å². The number of carbonyl (C=O) groups excluding carboxylic acids is 1. The number of hydrogen-bond acceptors (Lipinski definition) is 5. The summed E-state index contributed by atoms with van der Waals surface area (Å²) in [5.74, 6) is 0.536. The quantitative estimate of drug-likeness (QED) is 0.756. The maximum Gasteiger partial charge on any atom is 0.220 e. The van der Waals surface area contributed by atoms with Crippen molar-refractivity contribution in [2.75, 3.05) is 7.11 Å². The number of pyridine rings is 1. The fourth-order valence-corrected chi connectivity index (χ4v) is 3.24. The number of nitrogens with zero attached hydrogens (tertiary/aromatic N) is 2. The number of rotatable bonds is 6. The van der Waals surface area contributed by atoms with E-state index in [1.165, 1.54) is 0 Å². The summed E-state index contributed by atoms with van der Waals surface area (Å²) in [6.07, 6.45) is 2.73. The second kappa shape index (κ2) is 7.19. The second-order valence-corrected chi connectivity index (χ2v) is 6.14. The number of aryl methyl sites for hydroxylation is 1. The van der Waals surface area contributed by atoms with Gasteiger partial charge in [0.1, 0.15) is 0 Å². The molecular weight excluding hydrogens is 310 g/mol. The van der Waals surface area contributed by atoms with Crippen molar-refractivity contribution in [3.8, 4) is 5.88 Å². The van der Waals surface area contributed by atoms with Gasteiger partial charge in [0.25, 0.3) is 0 Å². The van der Waals surface area contributed by atoms with Crippen LogP contribution in [-0.2, 0) is 17.8 Å². The zero-order valence-electron chi connectivity index (χ0n) is 12.8. The molecule has 2 heterocycles. The molecule has 1 aromatic carbocycles. The number of aromatic nitrogens is 2. The number of ether oxygens (including phenoxy) is 1. The minimum absolute atomic E-state index is 0.00448. The van der Waals surface area contributed by atoms with Crippen molar-refractivity contribution in [1.29, 1.82) is 0 Å². The Balaban J connectivity index is 1.53. The van der Waals surface area contributed by atoms with Gasteiger partial charge < -0.3 is 10.1 Å². The maximum absolute atomic E-state index is 12.0. The van der Waals surface area contributed by atoms with Crippen LogP contribution in [0.5, 0.6) is 5.88 Å². The predicted molar refractivity (Wildman–Crippen MR) is 90.6 cm³/mol. The minimum atomic E-state index is -0.00448. The van der Waals surface area contributed by atoms with Crippen LogP contribution < -0.4 is 10.1 Å². The number of thiazole rings is 1. The van der Waals surface area contributed by atoms with Crippen LogP contribution in [0, 0.1) is 0 Å². The van der Waals surface area contributed by atoms with Crippen molar-refractivity contribution < 1.29 is 9.53 Å². The lowest BCUT2D eigenvalue weighted by atomic mass is 10.2. The predicted octanol–water partition coefficient (Wildman–Crippen LogP) is 2.95. The molecule has 118 valence electrons. The first-order valence-corrected chi connectivity index (χ1v) is 8.17. The van der Waals surface area contributed by atoms with Crippen LogP contribution in [0.4, 0.5) is 0 Å². The van der Waals surface area contributed by atoms with E-state index in [-0.39, 0.29) is 5.91 Å². The summed E-state index contributed by atoms with van der Waals surface area (Å²) in [5.41, 5.74) is 1.86. The number of amides is 1. The molecule has 23 heavy (non-hydrogen) atoms. The van der Waals surface area contributed by atoms with Crippen LogP contribution in [0.3, 0.4) is 0 Å². The molecule has 0 saturated heterocycles. The molecule has 1 N–H and O–H groups in total. The highest BCUT2D eigenvalue weighted by atomic mass is 32.1. The molecule has 0 atom stereocenters. The van der Waals surface area contributed by atoms with Gasteiger partial charge in [-0.3, -0.25) is 4.79 Å². The van der Waals surface area contributed by atoms with Crippen molar-refractivity contribution in [3.63, 3.8) is 0 Å². The number of methoxy groups -OCH3 is 1. The van der Waals surface area contributed by atoms with E-state index in [0.29, 0.717) is 25.3 Å². The normalized spacial score (nSPS) is 10.7. The van der Waals surface area contributed by atoms with E-state index in [2.05, 4.69) is 15.3 Å². The van der Waals surface area contributed by atoms with Crippen molar-refractivity contribution in [3.05, 3.63) is 53.2 Å². The number of carbonyl (C=O) groups is 1. The molecule has 0 bridgehead atoms. The molecular formula is C17H17N3O2S. The van der Waals surface area contributed by atoms with Crippen LogP contribution in [0.2, 0.25) is 0 Å². The first kappa shape index (κ1) is 15.4. The Morgan fingerprint density at radius 1 is 1.26 bits per heavy atom. The van der Waals surface area contributed by atoms with Crippen LogP contribution >= 0.6 is 11.3 Å². The highest BCUT2D eigenvalue weighted by Crippen LogP contribution is 2.22. The highest BCUT2D eigenvalue weighted by Gasteiger charge is 2.08. The Morgan fingerprint density at radius 3 is 2.96 bits per heavy atom. The van der Waals surface area contributed by atoms with Gasteiger partial charge in [0.2, 0.25) is 11.8 Å². The van der Waals surface area contributed by atoms with Crippen LogP contribution in [0.15, 0.2) is 42.6 Å². The summed E-state index contributed by atoms with van der Waals surface area (Å²) in [6.45, 7) is 0.412. The van der Waals surface area contributed by atoms with E-state index in [1.807, 2.05) is 36.4 Å². The standard InChI is InChI=1S/C17H17N3O2S/c1-22-17-12(5-4-10-18-17)11-19-15(21)8-9-16-20-13-6-2-3-7-14(13)23-16/h2-7,10H,8-9,11H2,1H3,(H,19,21). The zero-order valence-corrected chi connectivity index (χ0v) is 13.6. The largest absolute Gasteiger partial charge is 0.481 e. The second-order valence-electron chi connectivity index (χ2n) is 5.02. The lowest BCUT2D eigenvalue weighted by Gasteiger charge is -2.08. The lowest BCUT2D eigenvalue weighted by Crippen LogP contribution is -2.23. The van der Waals surface area contributed by atoms with E-state index in [1.54, 1.807) is 24.6 Å². The first-order valence-electron chi connectivity index (χ1n) is 7.35. The Bertz CT molecular complexity index is 783. The van der Waals surface area contributed by atoms with E-state index >= 15 is 0 Å². The van der Waals surface area contributed by atoms with E-state index < -0.39 is 0 Å². The first-order chi connectivity index (χ1) is 11.3. The summed E-state index contributed by atoms with van der Waals surface area (Å²) in [5, 5.41) is 3.88. The van der Waals surface area contributed by atoms with E-state index in [9.17, 15) is 4.79 Å². The third-order valence-corrected chi connectivity index (χ3v) is 4.52. The fourth-order valence-electron chi connectivity index (χ4n) is 2.27. The van der Waals surface area contributed by atoms with Gasteiger partial charge in [-0.2, -0.15) is 0 Å². The van der Waals surface area contributed by atoms with Crippen molar-refractivity contribution in [2.24, 2.45) is 0 Å². The number of nitrogens with one attached hydrogen (secondary N) is 1. The number of fused-ring (bicyclic) bond motifs is 1. The van der Waals surface area contributed by atoms with E-state index in [4.69, 9.17) is 4.74 Å². The molecule has 0 saturated carbocycles. The van der Waals surface area contributed by atoms with Gasteiger partial charge in [-0.25, -0.2) is 9.97 Å². The van der Waals surface area contributed by atoms with Crippen LogP contribution in [0.1, 0.15) is 17.0 Å². The van der Waals surface area contributed by atoms with Gasteiger partial charge in [-0.05, 0) is 18.2 Å². The maximum atomic E-state index is 12.0. The lowest BCUT2D eigenvalue weighted by molar-refractivity contribution is -0.121. The molecule has 1 amide bonds. The topological polar surface area (TPSA) is 64.1 Å². The van der Waals surface area contributed by atoms with Gasteiger partial charge in [-0.15, -0.1) is 11.3 Å². The fraction of sp³-hybridized carbons (Fsp3) is 0.235. The average molecular weight is 327 g/mol. The monoisotopic (exact) mass is 327 g/mol. The third-order valence-electron chi connectivity index (χ3n) is 3.42. The Labute approximate surface area is 138 Å². The molecule has 0 aliphatic rings. The van der Waals surface area contributed by atoms with Gasteiger partial charge in [0, 0.05) is 31.1 Å². The minimum Gasteiger partial charge on any atom is -0.481 e. The summed E-state index contributed by atoms with van der Waals surface area (Å²) in [4.78, 5) is 20.7. The third kappa shape index (κ3) is 3.84.